The van der Waals surface area contributed by atoms with E-state index in [-0.39, 0.29) is 24.0 Å². The Labute approximate surface area is 193 Å². The van der Waals surface area contributed by atoms with Crippen molar-refractivity contribution in [1.82, 2.24) is 15.1 Å². The maximum atomic E-state index is 5.87. The molecule has 2 fully saturated rings. The number of likely N-dealkylation sites (N-methyl/N-ethyl adjacent to an activating group) is 1. The Kier molecular flexibility index (Phi) is 9.98. The topological polar surface area (TPSA) is 49.3 Å². The zero-order valence-electron chi connectivity index (χ0n) is 18.2. The van der Waals surface area contributed by atoms with Gasteiger partial charge in [0.25, 0.3) is 0 Å². The number of ether oxygens (including phenoxy) is 2. The zero-order valence-corrected chi connectivity index (χ0v) is 20.5. The molecule has 1 aromatic carbocycles. The number of rotatable bonds is 8. The summed E-state index contributed by atoms with van der Waals surface area (Å²) in [6, 6.07) is 8.37. The number of nitrogens with one attached hydrogen (secondary N) is 1. The van der Waals surface area contributed by atoms with Crippen molar-refractivity contribution in [3.05, 3.63) is 29.8 Å². The molecule has 7 heteroatoms. The Bertz CT molecular complexity index is 628. The first-order valence-corrected chi connectivity index (χ1v) is 10.7. The summed E-state index contributed by atoms with van der Waals surface area (Å²) in [7, 11) is 1.87. The third-order valence-corrected chi connectivity index (χ3v) is 6.08. The number of guanidine groups is 1. The van der Waals surface area contributed by atoms with Crippen molar-refractivity contribution in [1.29, 1.82) is 0 Å². The molecule has 0 bridgehead atoms. The van der Waals surface area contributed by atoms with Crippen LogP contribution in [0.15, 0.2) is 29.3 Å². The van der Waals surface area contributed by atoms with Gasteiger partial charge in [0.05, 0.1) is 6.61 Å². The predicted octanol–water partition coefficient (Wildman–Crippen LogP) is 3.21. The second kappa shape index (κ2) is 12.0. The molecule has 2 saturated heterocycles. The van der Waals surface area contributed by atoms with Crippen molar-refractivity contribution in [2.24, 2.45) is 10.4 Å². The maximum absolute atomic E-state index is 5.87. The lowest BCUT2D eigenvalue weighted by molar-refractivity contribution is 0.156. The van der Waals surface area contributed by atoms with Gasteiger partial charge in [-0.1, -0.05) is 26.0 Å². The first-order valence-electron chi connectivity index (χ1n) is 10.7. The van der Waals surface area contributed by atoms with Crippen molar-refractivity contribution < 1.29 is 9.47 Å². The number of likely N-dealkylation sites (tertiary alicyclic amines) is 1. The van der Waals surface area contributed by atoms with E-state index in [0.717, 1.165) is 70.8 Å². The number of hydrogen-bond acceptors (Lipinski definition) is 4. The molecule has 1 spiro atoms. The maximum Gasteiger partial charge on any atom is 0.193 e. The normalized spacial score (nSPS) is 21.7. The van der Waals surface area contributed by atoms with Crippen LogP contribution in [0, 0.1) is 5.41 Å². The van der Waals surface area contributed by atoms with E-state index in [1.54, 1.807) is 0 Å². The highest BCUT2D eigenvalue weighted by atomic mass is 127. The highest BCUT2D eigenvalue weighted by molar-refractivity contribution is 14.0. The average Bonchev–Trinajstić information content (AvgIpc) is 3.37. The van der Waals surface area contributed by atoms with Crippen molar-refractivity contribution >= 4 is 29.9 Å². The van der Waals surface area contributed by atoms with E-state index in [0.29, 0.717) is 5.41 Å². The summed E-state index contributed by atoms with van der Waals surface area (Å²) in [5.74, 6) is 1.92. The average molecular weight is 516 g/mol. The molecule has 29 heavy (non-hydrogen) atoms. The smallest absolute Gasteiger partial charge is 0.193 e. The Morgan fingerprint density at radius 3 is 2.62 bits per heavy atom. The van der Waals surface area contributed by atoms with Crippen molar-refractivity contribution in [3.8, 4) is 5.75 Å². The molecule has 1 atom stereocenters. The first-order chi connectivity index (χ1) is 13.7. The van der Waals surface area contributed by atoms with Crippen LogP contribution >= 0.6 is 24.0 Å². The van der Waals surface area contributed by atoms with Crippen LogP contribution in [0.1, 0.15) is 32.3 Å². The highest BCUT2D eigenvalue weighted by Crippen LogP contribution is 2.38. The van der Waals surface area contributed by atoms with Gasteiger partial charge < -0.3 is 24.6 Å². The molecule has 1 unspecified atom stereocenters. The second-order valence-electron chi connectivity index (χ2n) is 7.89. The van der Waals surface area contributed by atoms with Crippen LogP contribution in [0.3, 0.4) is 0 Å². The SMILES string of the molecule is CCN(CC)CCOc1ccc(CNC(=NC)N2CCC3(CCOC3)C2)cc1.I. The first kappa shape index (κ1) is 24.2. The van der Waals surface area contributed by atoms with Gasteiger partial charge in [0.1, 0.15) is 12.4 Å². The molecule has 2 heterocycles. The quantitative estimate of drug-likeness (QED) is 0.327. The van der Waals surface area contributed by atoms with E-state index < -0.39 is 0 Å². The minimum absolute atomic E-state index is 0. The van der Waals surface area contributed by atoms with Crippen LogP contribution in [0.4, 0.5) is 0 Å². The summed E-state index contributed by atoms with van der Waals surface area (Å²) < 4.78 is 11.5. The number of hydrogen-bond donors (Lipinski definition) is 1. The van der Waals surface area contributed by atoms with Gasteiger partial charge in [-0.15, -0.1) is 24.0 Å². The van der Waals surface area contributed by atoms with Gasteiger partial charge in [-0.2, -0.15) is 0 Å². The third kappa shape index (κ3) is 6.72. The lowest BCUT2D eigenvalue weighted by atomic mass is 9.87. The lowest BCUT2D eigenvalue weighted by Crippen LogP contribution is -2.41. The van der Waals surface area contributed by atoms with Crippen LogP contribution in [0.25, 0.3) is 0 Å². The second-order valence-corrected chi connectivity index (χ2v) is 7.89. The van der Waals surface area contributed by atoms with Crippen LogP contribution in [-0.4, -0.2) is 75.4 Å². The van der Waals surface area contributed by atoms with E-state index >= 15 is 0 Å². The Balaban J connectivity index is 0.00000300. The summed E-state index contributed by atoms with van der Waals surface area (Å²) in [6.07, 6.45) is 2.38. The number of aliphatic imine (C=N–C) groups is 1. The molecule has 6 nitrogen and oxygen atoms in total. The molecule has 0 radical (unpaired) electrons. The van der Waals surface area contributed by atoms with Crippen LogP contribution < -0.4 is 10.1 Å². The zero-order chi connectivity index (χ0) is 19.8. The number of benzene rings is 1. The fourth-order valence-corrected chi connectivity index (χ4v) is 4.14. The molecule has 0 aromatic heterocycles. The molecule has 2 aliphatic rings. The largest absolute Gasteiger partial charge is 0.492 e. The minimum Gasteiger partial charge on any atom is -0.492 e. The van der Waals surface area contributed by atoms with Crippen LogP contribution in [0.2, 0.25) is 0 Å². The summed E-state index contributed by atoms with van der Waals surface area (Å²) >= 11 is 0. The summed E-state index contributed by atoms with van der Waals surface area (Å²) in [6.45, 7) is 12.9. The van der Waals surface area contributed by atoms with Crippen molar-refractivity contribution in [3.63, 3.8) is 0 Å². The summed E-state index contributed by atoms with van der Waals surface area (Å²) in [4.78, 5) is 9.23. The monoisotopic (exact) mass is 516 g/mol. The molecule has 164 valence electrons. The fourth-order valence-electron chi connectivity index (χ4n) is 4.14. The van der Waals surface area contributed by atoms with Crippen molar-refractivity contribution in [2.75, 3.05) is 59.6 Å². The Hall–Kier alpha value is -1.06. The van der Waals surface area contributed by atoms with Gasteiger partial charge in [-0.25, -0.2) is 0 Å². The standard InChI is InChI=1S/C22H36N4O2.HI/c1-4-25(5-2)13-15-28-20-8-6-19(7-9-20)16-24-21(23-3)26-12-10-22(17-26)11-14-27-18-22;/h6-9H,4-5,10-18H2,1-3H3,(H,23,24);1H. The van der Waals surface area contributed by atoms with Crippen LogP contribution in [-0.2, 0) is 11.3 Å². The Morgan fingerprint density at radius 1 is 1.24 bits per heavy atom. The van der Waals surface area contributed by atoms with E-state index in [4.69, 9.17) is 9.47 Å². The van der Waals surface area contributed by atoms with E-state index in [2.05, 4.69) is 58.2 Å². The van der Waals surface area contributed by atoms with Gasteiger partial charge in [0, 0.05) is 45.2 Å². The fraction of sp³-hybridized carbons (Fsp3) is 0.682. The van der Waals surface area contributed by atoms with E-state index in [1.165, 1.54) is 18.4 Å². The van der Waals surface area contributed by atoms with Crippen LogP contribution in [0.5, 0.6) is 5.75 Å². The molecule has 0 aliphatic carbocycles. The molecule has 1 N–H and O–H groups in total. The molecular weight excluding hydrogens is 479 g/mol. The lowest BCUT2D eigenvalue weighted by Gasteiger charge is -2.25. The number of halogens is 1. The van der Waals surface area contributed by atoms with Crippen molar-refractivity contribution in [2.45, 2.75) is 33.2 Å². The molecule has 1 aromatic rings. The van der Waals surface area contributed by atoms with Gasteiger partial charge >= 0.3 is 0 Å². The van der Waals surface area contributed by atoms with Gasteiger partial charge in [0.2, 0.25) is 0 Å². The van der Waals surface area contributed by atoms with Gasteiger partial charge in [0.15, 0.2) is 5.96 Å². The minimum atomic E-state index is 0. The van der Waals surface area contributed by atoms with Gasteiger partial charge in [-0.05, 0) is 43.6 Å². The molecule has 0 amide bonds. The molecule has 0 saturated carbocycles. The van der Waals surface area contributed by atoms with E-state index in [9.17, 15) is 0 Å². The molecular formula is C22H37IN4O2. The third-order valence-electron chi connectivity index (χ3n) is 6.08. The highest BCUT2D eigenvalue weighted by Gasteiger charge is 2.42. The number of nitrogens with zero attached hydrogens (tertiary/aromatic N) is 3. The Morgan fingerprint density at radius 2 is 2.00 bits per heavy atom. The molecule has 2 aliphatic heterocycles. The summed E-state index contributed by atoms with van der Waals surface area (Å²) in [5.41, 5.74) is 1.58. The summed E-state index contributed by atoms with van der Waals surface area (Å²) in [5, 5.41) is 3.51. The predicted molar refractivity (Wildman–Crippen MR) is 129 cm³/mol. The van der Waals surface area contributed by atoms with Gasteiger partial charge in [-0.3, -0.25) is 4.99 Å². The van der Waals surface area contributed by atoms with E-state index in [1.807, 2.05) is 7.05 Å². The molecule has 3 rings (SSSR count).